The SMILES string of the molecule is CCCCOc1ccc(/C=C2\SC(=S)N(NC(=O)c3ccc(Cl)cc3)C2=O)cc1OCC. The summed E-state index contributed by atoms with van der Waals surface area (Å²) in [5.74, 6) is 0.430. The summed E-state index contributed by atoms with van der Waals surface area (Å²) in [6.07, 6.45) is 3.71. The van der Waals surface area contributed by atoms with Crippen molar-refractivity contribution in [1.82, 2.24) is 10.4 Å². The number of rotatable bonds is 9. The topological polar surface area (TPSA) is 67.9 Å². The van der Waals surface area contributed by atoms with Crippen molar-refractivity contribution in [3.05, 3.63) is 63.5 Å². The third kappa shape index (κ3) is 6.03. The van der Waals surface area contributed by atoms with Gasteiger partial charge in [-0.05, 0) is 73.6 Å². The van der Waals surface area contributed by atoms with Crippen LogP contribution in [-0.2, 0) is 4.79 Å². The van der Waals surface area contributed by atoms with Crippen LogP contribution in [0.15, 0.2) is 47.4 Å². The third-order valence-corrected chi connectivity index (χ3v) is 5.99. The number of nitrogens with one attached hydrogen (secondary N) is 1. The van der Waals surface area contributed by atoms with Crippen molar-refractivity contribution in [3.8, 4) is 11.5 Å². The van der Waals surface area contributed by atoms with Crippen LogP contribution in [0, 0.1) is 0 Å². The fraction of sp³-hybridized carbons (Fsp3) is 0.261. The van der Waals surface area contributed by atoms with Crippen molar-refractivity contribution < 1.29 is 19.1 Å². The van der Waals surface area contributed by atoms with Gasteiger partial charge in [-0.15, -0.1) is 0 Å². The molecular weight excluding hydrogens is 468 g/mol. The van der Waals surface area contributed by atoms with Gasteiger partial charge in [0.05, 0.1) is 18.1 Å². The van der Waals surface area contributed by atoms with Gasteiger partial charge in [0.15, 0.2) is 15.8 Å². The molecule has 32 heavy (non-hydrogen) atoms. The van der Waals surface area contributed by atoms with Gasteiger partial charge < -0.3 is 9.47 Å². The number of hydrazine groups is 1. The Morgan fingerprint density at radius 3 is 2.59 bits per heavy atom. The summed E-state index contributed by atoms with van der Waals surface area (Å²) >= 11 is 12.3. The van der Waals surface area contributed by atoms with E-state index in [2.05, 4.69) is 12.3 Å². The van der Waals surface area contributed by atoms with Crippen molar-refractivity contribution in [2.24, 2.45) is 0 Å². The van der Waals surface area contributed by atoms with Gasteiger partial charge in [0.2, 0.25) is 0 Å². The smallest absolute Gasteiger partial charge is 0.285 e. The van der Waals surface area contributed by atoms with E-state index in [9.17, 15) is 9.59 Å². The molecule has 0 saturated carbocycles. The van der Waals surface area contributed by atoms with Crippen LogP contribution in [0.4, 0.5) is 0 Å². The molecule has 6 nitrogen and oxygen atoms in total. The van der Waals surface area contributed by atoms with Gasteiger partial charge in [0.25, 0.3) is 11.8 Å². The number of unbranched alkanes of at least 4 members (excludes halogenated alkanes) is 1. The Labute approximate surface area is 201 Å². The molecule has 0 unspecified atom stereocenters. The number of halogens is 1. The number of benzene rings is 2. The highest BCUT2D eigenvalue weighted by Crippen LogP contribution is 2.34. The second-order valence-electron chi connectivity index (χ2n) is 6.81. The van der Waals surface area contributed by atoms with E-state index >= 15 is 0 Å². The lowest BCUT2D eigenvalue weighted by atomic mass is 10.2. The maximum absolute atomic E-state index is 12.9. The Morgan fingerprint density at radius 2 is 1.91 bits per heavy atom. The number of hydrogen-bond donors (Lipinski definition) is 1. The molecule has 0 bridgehead atoms. The molecule has 9 heteroatoms. The second kappa shape index (κ2) is 11.4. The molecule has 1 saturated heterocycles. The summed E-state index contributed by atoms with van der Waals surface area (Å²) in [5, 5.41) is 1.59. The van der Waals surface area contributed by atoms with Gasteiger partial charge in [-0.1, -0.05) is 42.8 Å². The Morgan fingerprint density at radius 1 is 1.16 bits per heavy atom. The molecule has 2 amide bonds. The maximum atomic E-state index is 12.9. The lowest BCUT2D eigenvalue weighted by Gasteiger charge is -2.15. The number of amides is 2. The van der Waals surface area contributed by atoms with Crippen LogP contribution in [-0.4, -0.2) is 34.4 Å². The van der Waals surface area contributed by atoms with Crippen LogP contribution in [0.25, 0.3) is 6.08 Å². The van der Waals surface area contributed by atoms with E-state index in [0.29, 0.717) is 40.2 Å². The summed E-state index contributed by atoms with van der Waals surface area (Å²) < 4.78 is 11.7. The van der Waals surface area contributed by atoms with Crippen LogP contribution in [0.1, 0.15) is 42.6 Å². The number of thiocarbonyl (C=S) groups is 1. The number of thioether (sulfide) groups is 1. The van der Waals surface area contributed by atoms with Gasteiger partial charge in [0.1, 0.15) is 0 Å². The highest BCUT2D eigenvalue weighted by Gasteiger charge is 2.33. The first-order valence-electron chi connectivity index (χ1n) is 10.2. The highest BCUT2D eigenvalue weighted by atomic mass is 35.5. The minimum atomic E-state index is -0.452. The van der Waals surface area contributed by atoms with Crippen molar-refractivity contribution >= 4 is 57.8 Å². The Kier molecular flexibility index (Phi) is 8.55. The zero-order chi connectivity index (χ0) is 23.1. The monoisotopic (exact) mass is 490 g/mol. The van der Waals surface area contributed by atoms with Crippen molar-refractivity contribution in [1.29, 1.82) is 0 Å². The summed E-state index contributed by atoms with van der Waals surface area (Å²) in [6, 6.07) is 11.9. The van der Waals surface area contributed by atoms with Gasteiger partial charge >= 0.3 is 0 Å². The largest absolute Gasteiger partial charge is 0.490 e. The highest BCUT2D eigenvalue weighted by molar-refractivity contribution is 8.26. The normalized spacial score (nSPS) is 14.7. The van der Waals surface area contributed by atoms with E-state index in [4.69, 9.17) is 33.3 Å². The lowest BCUT2D eigenvalue weighted by Crippen LogP contribution is -2.44. The fourth-order valence-corrected chi connectivity index (χ4v) is 4.12. The zero-order valence-corrected chi connectivity index (χ0v) is 20.1. The molecule has 0 spiro atoms. The predicted molar refractivity (Wildman–Crippen MR) is 132 cm³/mol. The molecule has 2 aromatic rings. The Balaban J connectivity index is 1.75. The van der Waals surface area contributed by atoms with Crippen molar-refractivity contribution in [2.45, 2.75) is 26.7 Å². The average molecular weight is 491 g/mol. The van der Waals surface area contributed by atoms with E-state index in [0.717, 1.165) is 35.2 Å². The molecule has 0 aromatic heterocycles. The van der Waals surface area contributed by atoms with Crippen LogP contribution in [0.3, 0.4) is 0 Å². The number of ether oxygens (including phenoxy) is 2. The van der Waals surface area contributed by atoms with E-state index in [1.807, 2.05) is 25.1 Å². The first-order valence-corrected chi connectivity index (χ1v) is 11.8. The van der Waals surface area contributed by atoms with Crippen LogP contribution in [0.2, 0.25) is 5.02 Å². The Bertz CT molecular complexity index is 1040. The van der Waals surface area contributed by atoms with Crippen molar-refractivity contribution in [2.75, 3.05) is 13.2 Å². The van der Waals surface area contributed by atoms with Crippen LogP contribution < -0.4 is 14.9 Å². The summed E-state index contributed by atoms with van der Waals surface area (Å²) in [7, 11) is 0. The minimum absolute atomic E-state index is 0.244. The van der Waals surface area contributed by atoms with E-state index < -0.39 is 11.8 Å². The molecular formula is C23H23ClN2O4S2. The molecule has 1 heterocycles. The first kappa shape index (κ1) is 24.1. The first-order chi connectivity index (χ1) is 15.4. The maximum Gasteiger partial charge on any atom is 0.285 e. The number of nitrogens with zero attached hydrogens (tertiary/aromatic N) is 1. The molecule has 1 aliphatic rings. The summed E-state index contributed by atoms with van der Waals surface area (Å²) in [6.45, 7) is 5.11. The third-order valence-electron chi connectivity index (χ3n) is 4.43. The molecule has 2 aromatic carbocycles. The number of hydrogen-bond acceptors (Lipinski definition) is 6. The van der Waals surface area contributed by atoms with E-state index in [1.165, 1.54) is 0 Å². The van der Waals surface area contributed by atoms with Gasteiger partial charge in [-0.2, -0.15) is 5.01 Å². The van der Waals surface area contributed by atoms with Crippen LogP contribution >= 0.6 is 35.6 Å². The zero-order valence-electron chi connectivity index (χ0n) is 17.7. The quantitative estimate of drug-likeness (QED) is 0.286. The fourth-order valence-electron chi connectivity index (χ4n) is 2.81. The van der Waals surface area contributed by atoms with Gasteiger partial charge in [-0.25, -0.2) is 0 Å². The van der Waals surface area contributed by atoms with E-state index in [-0.39, 0.29) is 4.32 Å². The molecule has 1 N–H and O–H groups in total. The van der Waals surface area contributed by atoms with Crippen LogP contribution in [0.5, 0.6) is 11.5 Å². The predicted octanol–water partition coefficient (Wildman–Crippen LogP) is 5.46. The van der Waals surface area contributed by atoms with Crippen molar-refractivity contribution in [3.63, 3.8) is 0 Å². The van der Waals surface area contributed by atoms with Gasteiger partial charge in [0, 0.05) is 10.6 Å². The number of carbonyl (C=O) groups is 2. The molecule has 1 fully saturated rings. The van der Waals surface area contributed by atoms with E-state index in [1.54, 1.807) is 30.3 Å². The summed E-state index contributed by atoms with van der Waals surface area (Å²) in [5.41, 5.74) is 3.69. The lowest BCUT2D eigenvalue weighted by molar-refractivity contribution is -0.123. The Hall–Kier alpha value is -2.55. The second-order valence-corrected chi connectivity index (χ2v) is 8.92. The minimum Gasteiger partial charge on any atom is -0.490 e. The summed E-state index contributed by atoms with van der Waals surface area (Å²) in [4.78, 5) is 25.7. The molecule has 0 aliphatic carbocycles. The molecule has 1 aliphatic heterocycles. The molecule has 0 radical (unpaired) electrons. The average Bonchev–Trinajstić information content (AvgIpc) is 3.03. The molecule has 168 valence electrons. The number of carbonyl (C=O) groups excluding carboxylic acids is 2. The molecule has 3 rings (SSSR count). The standard InChI is InChI=1S/C23H23ClN2O4S2/c1-3-5-12-30-18-11-6-15(13-19(18)29-4-2)14-20-22(28)26(23(31)32-20)25-21(27)16-7-9-17(24)10-8-16/h6-11,13-14H,3-5,12H2,1-2H3,(H,25,27)/b20-14-. The van der Waals surface area contributed by atoms with Gasteiger partial charge in [-0.3, -0.25) is 15.0 Å². The molecule has 0 atom stereocenters.